The highest BCUT2D eigenvalue weighted by Crippen LogP contribution is 2.17. The zero-order valence-electron chi connectivity index (χ0n) is 15.0. The highest BCUT2D eigenvalue weighted by atomic mass is 16.2. The molecule has 0 fully saturated rings. The molecule has 6 heteroatoms. The lowest BCUT2D eigenvalue weighted by molar-refractivity contribution is 0.0796. The second-order valence-corrected chi connectivity index (χ2v) is 6.08. The van der Waals surface area contributed by atoms with Crippen molar-refractivity contribution in [2.24, 2.45) is 0 Å². The number of rotatable bonds is 6. The van der Waals surface area contributed by atoms with E-state index in [4.69, 9.17) is 5.26 Å². The van der Waals surface area contributed by atoms with E-state index in [9.17, 15) is 4.79 Å². The Bertz CT molecular complexity index is 966. The molecule has 134 valence electrons. The summed E-state index contributed by atoms with van der Waals surface area (Å²) in [6, 6.07) is 16.5. The van der Waals surface area contributed by atoms with E-state index < -0.39 is 0 Å². The van der Waals surface area contributed by atoms with Gasteiger partial charge in [0, 0.05) is 43.4 Å². The number of hydrogen-bond donors (Lipinski definition) is 1. The van der Waals surface area contributed by atoms with Gasteiger partial charge in [0.25, 0.3) is 5.91 Å². The van der Waals surface area contributed by atoms with E-state index >= 15 is 0 Å². The Kier molecular flexibility index (Phi) is 5.75. The van der Waals surface area contributed by atoms with Crippen molar-refractivity contribution in [3.05, 3.63) is 83.8 Å². The summed E-state index contributed by atoms with van der Waals surface area (Å²) in [6.07, 6.45) is 5.86. The van der Waals surface area contributed by atoms with Crippen LogP contribution in [0, 0.1) is 11.3 Å². The number of carbonyl (C=O) groups is 1. The standard InChI is InChI=1S/C21H19N5O/c1-26(12-8-16-5-9-23-10-6-16)21(27)18-7-11-24-20(14-18)25-19-4-2-3-17(13-19)15-22/h2-7,9-11,13-14H,8,12H2,1H3,(H,24,25). The lowest BCUT2D eigenvalue weighted by atomic mass is 10.1. The van der Waals surface area contributed by atoms with Crippen LogP contribution < -0.4 is 5.32 Å². The van der Waals surface area contributed by atoms with Gasteiger partial charge >= 0.3 is 0 Å². The fraction of sp³-hybridized carbons (Fsp3) is 0.143. The van der Waals surface area contributed by atoms with Crippen molar-refractivity contribution < 1.29 is 4.79 Å². The van der Waals surface area contributed by atoms with Crippen LogP contribution in [-0.2, 0) is 6.42 Å². The third-order valence-corrected chi connectivity index (χ3v) is 4.10. The van der Waals surface area contributed by atoms with Gasteiger partial charge in [0.05, 0.1) is 11.6 Å². The van der Waals surface area contributed by atoms with Crippen LogP contribution in [0.3, 0.4) is 0 Å². The van der Waals surface area contributed by atoms with Crippen LogP contribution in [0.15, 0.2) is 67.1 Å². The van der Waals surface area contributed by atoms with Crippen LogP contribution in [0.25, 0.3) is 0 Å². The normalized spacial score (nSPS) is 10.1. The molecule has 0 aliphatic carbocycles. The summed E-state index contributed by atoms with van der Waals surface area (Å²) in [4.78, 5) is 22.6. The van der Waals surface area contributed by atoms with Gasteiger partial charge in [0.1, 0.15) is 5.82 Å². The minimum absolute atomic E-state index is 0.0692. The fourth-order valence-corrected chi connectivity index (χ4v) is 2.61. The first kappa shape index (κ1) is 18.1. The van der Waals surface area contributed by atoms with Crippen LogP contribution in [0.4, 0.5) is 11.5 Å². The third-order valence-electron chi connectivity index (χ3n) is 4.10. The molecule has 6 nitrogen and oxygen atoms in total. The quantitative estimate of drug-likeness (QED) is 0.731. The summed E-state index contributed by atoms with van der Waals surface area (Å²) >= 11 is 0. The van der Waals surface area contributed by atoms with E-state index in [-0.39, 0.29) is 5.91 Å². The van der Waals surface area contributed by atoms with E-state index in [1.807, 2.05) is 18.2 Å². The van der Waals surface area contributed by atoms with Crippen molar-refractivity contribution in [1.82, 2.24) is 14.9 Å². The maximum absolute atomic E-state index is 12.7. The van der Waals surface area contributed by atoms with E-state index in [1.54, 1.807) is 60.9 Å². The Morgan fingerprint density at radius 2 is 1.96 bits per heavy atom. The monoisotopic (exact) mass is 357 g/mol. The zero-order valence-corrected chi connectivity index (χ0v) is 15.0. The molecule has 2 heterocycles. The van der Waals surface area contributed by atoms with Crippen LogP contribution >= 0.6 is 0 Å². The molecule has 0 saturated carbocycles. The number of anilines is 2. The van der Waals surface area contributed by atoms with Crippen LogP contribution in [0.1, 0.15) is 21.5 Å². The van der Waals surface area contributed by atoms with Gasteiger partial charge in [-0.15, -0.1) is 0 Å². The molecule has 27 heavy (non-hydrogen) atoms. The van der Waals surface area contributed by atoms with Gasteiger partial charge < -0.3 is 10.2 Å². The SMILES string of the molecule is CN(CCc1ccncc1)C(=O)c1ccnc(Nc2cccc(C#N)c2)c1. The number of benzene rings is 1. The Balaban J connectivity index is 1.66. The number of likely N-dealkylation sites (N-methyl/N-ethyl adjacent to an activating group) is 1. The van der Waals surface area contributed by atoms with Crippen LogP contribution in [0.2, 0.25) is 0 Å². The number of nitriles is 1. The minimum atomic E-state index is -0.0692. The summed E-state index contributed by atoms with van der Waals surface area (Å²) in [7, 11) is 1.79. The van der Waals surface area contributed by atoms with Crippen molar-refractivity contribution in [2.45, 2.75) is 6.42 Å². The molecular weight excluding hydrogens is 338 g/mol. The molecule has 1 amide bonds. The van der Waals surface area contributed by atoms with Gasteiger partial charge in [-0.2, -0.15) is 5.26 Å². The molecule has 0 bridgehead atoms. The fourth-order valence-electron chi connectivity index (χ4n) is 2.61. The minimum Gasteiger partial charge on any atom is -0.341 e. The largest absolute Gasteiger partial charge is 0.341 e. The van der Waals surface area contributed by atoms with Crippen molar-refractivity contribution in [3.63, 3.8) is 0 Å². The average molecular weight is 357 g/mol. The van der Waals surface area contributed by atoms with Gasteiger partial charge in [-0.05, 0) is 54.4 Å². The highest BCUT2D eigenvalue weighted by molar-refractivity contribution is 5.94. The number of nitrogens with one attached hydrogen (secondary N) is 1. The molecule has 0 spiro atoms. The third kappa shape index (κ3) is 4.89. The van der Waals surface area contributed by atoms with Crippen molar-refractivity contribution >= 4 is 17.4 Å². The number of amides is 1. The van der Waals surface area contributed by atoms with Crippen molar-refractivity contribution in [3.8, 4) is 6.07 Å². The number of carbonyl (C=O) groups excluding carboxylic acids is 1. The molecule has 0 atom stereocenters. The molecular formula is C21H19N5O. The first-order valence-corrected chi connectivity index (χ1v) is 8.53. The van der Waals surface area contributed by atoms with Crippen LogP contribution in [-0.4, -0.2) is 34.4 Å². The van der Waals surface area contributed by atoms with Crippen molar-refractivity contribution in [1.29, 1.82) is 5.26 Å². The van der Waals surface area contributed by atoms with Crippen LogP contribution in [0.5, 0.6) is 0 Å². The van der Waals surface area contributed by atoms with E-state index in [0.29, 0.717) is 23.5 Å². The summed E-state index contributed by atoms with van der Waals surface area (Å²) in [5.74, 6) is 0.485. The Labute approximate surface area is 158 Å². The number of aromatic nitrogens is 2. The van der Waals surface area contributed by atoms with Gasteiger partial charge in [-0.25, -0.2) is 4.98 Å². The number of hydrogen-bond acceptors (Lipinski definition) is 5. The molecule has 1 aromatic carbocycles. The van der Waals surface area contributed by atoms with Gasteiger partial charge in [-0.1, -0.05) is 6.07 Å². The maximum atomic E-state index is 12.7. The highest BCUT2D eigenvalue weighted by Gasteiger charge is 2.12. The van der Waals surface area contributed by atoms with Crippen molar-refractivity contribution in [2.75, 3.05) is 18.9 Å². The molecule has 3 aromatic rings. The molecule has 0 aliphatic rings. The number of pyridine rings is 2. The maximum Gasteiger partial charge on any atom is 0.253 e. The first-order valence-electron chi connectivity index (χ1n) is 8.53. The zero-order chi connectivity index (χ0) is 19.1. The second-order valence-electron chi connectivity index (χ2n) is 6.08. The molecule has 0 radical (unpaired) electrons. The summed E-state index contributed by atoms with van der Waals surface area (Å²) < 4.78 is 0. The topological polar surface area (TPSA) is 81.9 Å². The Morgan fingerprint density at radius 1 is 1.15 bits per heavy atom. The van der Waals surface area contributed by atoms with Gasteiger partial charge in [-0.3, -0.25) is 9.78 Å². The molecule has 0 unspecified atom stereocenters. The second kappa shape index (κ2) is 8.59. The predicted octanol–water partition coefficient (Wildman–Crippen LogP) is 3.41. The lowest BCUT2D eigenvalue weighted by Crippen LogP contribution is -2.28. The molecule has 2 aromatic heterocycles. The molecule has 1 N–H and O–H groups in total. The molecule has 0 aliphatic heterocycles. The molecule has 0 saturated heterocycles. The van der Waals surface area contributed by atoms with E-state index in [2.05, 4.69) is 21.4 Å². The predicted molar refractivity (Wildman–Crippen MR) is 104 cm³/mol. The average Bonchev–Trinajstić information content (AvgIpc) is 2.72. The molecule has 3 rings (SSSR count). The smallest absolute Gasteiger partial charge is 0.253 e. The first-order chi connectivity index (χ1) is 13.2. The summed E-state index contributed by atoms with van der Waals surface area (Å²) in [6.45, 7) is 0.609. The van der Waals surface area contributed by atoms with Gasteiger partial charge in [0.2, 0.25) is 0 Å². The van der Waals surface area contributed by atoms with Gasteiger partial charge in [0.15, 0.2) is 0 Å². The Morgan fingerprint density at radius 3 is 2.74 bits per heavy atom. The van der Waals surface area contributed by atoms with E-state index in [0.717, 1.165) is 17.7 Å². The summed E-state index contributed by atoms with van der Waals surface area (Å²) in [5, 5.41) is 12.1. The number of nitrogens with zero attached hydrogens (tertiary/aromatic N) is 4. The summed E-state index contributed by atoms with van der Waals surface area (Å²) in [5.41, 5.74) is 3.00. The van der Waals surface area contributed by atoms with E-state index in [1.165, 1.54) is 0 Å². The lowest BCUT2D eigenvalue weighted by Gasteiger charge is -2.17. The Hall–Kier alpha value is -3.72.